The summed E-state index contributed by atoms with van der Waals surface area (Å²) in [7, 11) is 0. The van der Waals surface area contributed by atoms with Crippen LogP contribution in [0.1, 0.15) is 42.2 Å². The van der Waals surface area contributed by atoms with Gasteiger partial charge in [0.1, 0.15) is 18.6 Å². The Bertz CT molecular complexity index is 1020. The lowest BCUT2D eigenvalue weighted by atomic mass is 9.93. The van der Waals surface area contributed by atoms with Gasteiger partial charge >= 0.3 is 0 Å². The first-order valence-electron chi connectivity index (χ1n) is 10.9. The zero-order valence-electron chi connectivity index (χ0n) is 18.8. The first kappa shape index (κ1) is 23.5. The van der Waals surface area contributed by atoms with Crippen LogP contribution in [-0.2, 0) is 24.2 Å². The van der Waals surface area contributed by atoms with E-state index in [-0.39, 0.29) is 5.54 Å². The molecule has 5 nitrogen and oxygen atoms in total. The molecule has 0 aromatic heterocycles. The van der Waals surface area contributed by atoms with Gasteiger partial charge < -0.3 is 25.7 Å². The van der Waals surface area contributed by atoms with E-state index in [0.717, 1.165) is 35.0 Å². The van der Waals surface area contributed by atoms with E-state index < -0.39 is 6.10 Å². The summed E-state index contributed by atoms with van der Waals surface area (Å²) in [6, 6.07) is 23.4. The Balaban J connectivity index is 1.55. The standard InChI is InChI=1S/C27H32N2O3/c1-27(2,17-22-10-6-9-20(15-22)13-14-30)29-18-25(31)23-11-12-26(24(28)16-23)32-19-21-7-4-3-5-8-21/h3-12,14-16,25,29,31H,13,17-19,28H2,1-2H3/t25-/m0/s1. The van der Waals surface area contributed by atoms with E-state index >= 15 is 0 Å². The Kier molecular flexibility index (Phi) is 8.03. The van der Waals surface area contributed by atoms with E-state index in [4.69, 9.17) is 10.5 Å². The number of nitrogens with one attached hydrogen (secondary N) is 1. The van der Waals surface area contributed by atoms with Gasteiger partial charge in [-0.25, -0.2) is 0 Å². The van der Waals surface area contributed by atoms with Gasteiger partial charge in [0.25, 0.3) is 0 Å². The lowest BCUT2D eigenvalue weighted by Crippen LogP contribution is -2.43. The number of hydrogen-bond donors (Lipinski definition) is 3. The maximum atomic E-state index is 10.8. The van der Waals surface area contributed by atoms with Gasteiger partial charge in [0.15, 0.2) is 0 Å². The van der Waals surface area contributed by atoms with Crippen molar-refractivity contribution in [2.45, 2.75) is 44.9 Å². The number of rotatable bonds is 11. The molecule has 5 heteroatoms. The molecule has 0 amide bonds. The summed E-state index contributed by atoms with van der Waals surface area (Å²) >= 11 is 0. The second-order valence-corrected chi connectivity index (χ2v) is 8.72. The molecule has 32 heavy (non-hydrogen) atoms. The highest BCUT2D eigenvalue weighted by molar-refractivity contribution is 5.55. The number of aliphatic hydroxyl groups excluding tert-OH is 1. The van der Waals surface area contributed by atoms with Crippen LogP contribution < -0.4 is 15.8 Å². The largest absolute Gasteiger partial charge is 0.487 e. The van der Waals surface area contributed by atoms with Gasteiger partial charge in [0, 0.05) is 18.5 Å². The number of aliphatic hydroxyl groups is 1. The number of nitrogen functional groups attached to an aromatic ring is 1. The minimum absolute atomic E-state index is 0.231. The number of anilines is 1. The molecule has 0 saturated carbocycles. The van der Waals surface area contributed by atoms with E-state index in [2.05, 4.69) is 31.3 Å². The number of carbonyl (C=O) groups is 1. The molecule has 0 aliphatic carbocycles. The number of nitrogens with two attached hydrogens (primary N) is 1. The summed E-state index contributed by atoms with van der Waals surface area (Å²) in [5.41, 5.74) is 10.4. The number of ether oxygens (including phenoxy) is 1. The molecular weight excluding hydrogens is 400 g/mol. The van der Waals surface area contributed by atoms with Crippen molar-refractivity contribution in [3.8, 4) is 5.75 Å². The Morgan fingerprint density at radius 3 is 2.44 bits per heavy atom. The topological polar surface area (TPSA) is 84.6 Å². The van der Waals surface area contributed by atoms with Crippen LogP contribution in [-0.4, -0.2) is 23.5 Å². The van der Waals surface area contributed by atoms with E-state index in [9.17, 15) is 9.90 Å². The third-order valence-electron chi connectivity index (χ3n) is 5.39. The van der Waals surface area contributed by atoms with Gasteiger partial charge in [0.2, 0.25) is 0 Å². The fourth-order valence-electron chi connectivity index (χ4n) is 3.67. The van der Waals surface area contributed by atoms with Crippen LogP contribution in [0.2, 0.25) is 0 Å². The van der Waals surface area contributed by atoms with Gasteiger partial charge in [-0.05, 0) is 54.7 Å². The highest BCUT2D eigenvalue weighted by Crippen LogP contribution is 2.27. The summed E-state index contributed by atoms with van der Waals surface area (Å²) in [4.78, 5) is 10.8. The minimum Gasteiger partial charge on any atom is -0.487 e. The van der Waals surface area contributed by atoms with Crippen LogP contribution in [0.25, 0.3) is 0 Å². The summed E-state index contributed by atoms with van der Waals surface area (Å²) < 4.78 is 5.82. The minimum atomic E-state index is -0.693. The molecule has 4 N–H and O–H groups in total. The van der Waals surface area contributed by atoms with Crippen LogP contribution in [0.5, 0.6) is 5.75 Å². The Morgan fingerprint density at radius 2 is 1.72 bits per heavy atom. The quantitative estimate of drug-likeness (QED) is 0.312. The Hall–Kier alpha value is -3.15. The Labute approximate surface area is 190 Å². The van der Waals surface area contributed by atoms with Crippen molar-refractivity contribution in [1.82, 2.24) is 5.32 Å². The van der Waals surface area contributed by atoms with Crippen LogP contribution in [0.15, 0.2) is 72.8 Å². The molecule has 1 atom stereocenters. The molecule has 3 rings (SSSR count). The highest BCUT2D eigenvalue weighted by Gasteiger charge is 2.20. The lowest BCUT2D eigenvalue weighted by Gasteiger charge is -2.28. The van der Waals surface area contributed by atoms with Crippen molar-refractivity contribution in [2.75, 3.05) is 12.3 Å². The summed E-state index contributed by atoms with van der Waals surface area (Å²) in [5, 5.41) is 14.1. The number of aldehydes is 1. The lowest BCUT2D eigenvalue weighted by molar-refractivity contribution is -0.107. The smallest absolute Gasteiger partial charge is 0.142 e. The zero-order chi connectivity index (χ0) is 23.0. The monoisotopic (exact) mass is 432 g/mol. The molecule has 0 fully saturated rings. The number of benzene rings is 3. The first-order chi connectivity index (χ1) is 15.4. The molecule has 0 bridgehead atoms. The van der Waals surface area contributed by atoms with Crippen LogP contribution >= 0.6 is 0 Å². The van der Waals surface area contributed by atoms with Crippen LogP contribution in [0, 0.1) is 0 Å². The second kappa shape index (κ2) is 10.9. The van der Waals surface area contributed by atoms with Crippen molar-refractivity contribution in [3.63, 3.8) is 0 Å². The average Bonchev–Trinajstić information content (AvgIpc) is 2.77. The average molecular weight is 433 g/mol. The number of carbonyl (C=O) groups excluding carboxylic acids is 1. The molecule has 0 aliphatic heterocycles. The van der Waals surface area contributed by atoms with Gasteiger partial charge in [0.05, 0.1) is 11.8 Å². The predicted octanol–water partition coefficient (Wildman–Crippen LogP) is 4.23. The van der Waals surface area contributed by atoms with Crippen molar-refractivity contribution >= 4 is 12.0 Å². The summed E-state index contributed by atoms with van der Waals surface area (Å²) in [6.07, 6.45) is 1.43. The third-order valence-corrected chi connectivity index (χ3v) is 5.39. The predicted molar refractivity (Wildman–Crippen MR) is 129 cm³/mol. The number of hydrogen-bond acceptors (Lipinski definition) is 5. The molecular formula is C27H32N2O3. The van der Waals surface area contributed by atoms with Crippen LogP contribution in [0.4, 0.5) is 5.69 Å². The molecule has 168 valence electrons. The van der Waals surface area contributed by atoms with Crippen molar-refractivity contribution in [2.24, 2.45) is 0 Å². The molecule has 0 heterocycles. The summed E-state index contributed by atoms with van der Waals surface area (Å²) in [6.45, 7) is 5.03. The molecule has 0 unspecified atom stereocenters. The summed E-state index contributed by atoms with van der Waals surface area (Å²) in [5.74, 6) is 0.605. The van der Waals surface area contributed by atoms with Crippen LogP contribution in [0.3, 0.4) is 0 Å². The maximum Gasteiger partial charge on any atom is 0.142 e. The van der Waals surface area contributed by atoms with Gasteiger partial charge in [-0.15, -0.1) is 0 Å². The molecule has 0 spiro atoms. The van der Waals surface area contributed by atoms with Crippen molar-refractivity contribution in [1.29, 1.82) is 0 Å². The van der Waals surface area contributed by atoms with E-state index in [1.54, 1.807) is 12.1 Å². The molecule has 0 saturated heterocycles. The van der Waals surface area contributed by atoms with E-state index in [1.807, 2.05) is 48.5 Å². The van der Waals surface area contributed by atoms with Gasteiger partial charge in [-0.3, -0.25) is 0 Å². The van der Waals surface area contributed by atoms with Crippen molar-refractivity contribution < 1.29 is 14.6 Å². The zero-order valence-corrected chi connectivity index (χ0v) is 18.8. The normalized spacial score (nSPS) is 12.3. The maximum absolute atomic E-state index is 10.8. The van der Waals surface area contributed by atoms with Gasteiger partial charge in [-0.2, -0.15) is 0 Å². The van der Waals surface area contributed by atoms with Gasteiger partial charge in [-0.1, -0.05) is 60.7 Å². The highest BCUT2D eigenvalue weighted by atomic mass is 16.5. The van der Waals surface area contributed by atoms with Crippen molar-refractivity contribution in [3.05, 3.63) is 95.1 Å². The van der Waals surface area contributed by atoms with E-state index in [0.29, 0.717) is 31.0 Å². The second-order valence-electron chi connectivity index (χ2n) is 8.72. The fourth-order valence-corrected chi connectivity index (χ4v) is 3.67. The third kappa shape index (κ3) is 6.94. The number of β-amino-alcohol motifs (C(OH)–C–C–N with tert-alkyl or cyclic N) is 1. The van der Waals surface area contributed by atoms with E-state index in [1.165, 1.54) is 0 Å². The SMILES string of the molecule is CC(C)(Cc1cccc(CC=O)c1)NC[C@H](O)c1ccc(OCc2ccccc2)c(N)c1. The Morgan fingerprint density at radius 1 is 1.00 bits per heavy atom. The first-order valence-corrected chi connectivity index (χ1v) is 10.9. The molecule has 3 aromatic carbocycles. The molecule has 0 radical (unpaired) electrons. The molecule has 0 aliphatic rings. The fraction of sp³-hybridized carbons (Fsp3) is 0.296. The molecule has 3 aromatic rings.